The predicted molar refractivity (Wildman–Crippen MR) is 119 cm³/mol. The molecule has 0 aliphatic rings. The normalized spacial score (nSPS) is 11.6. The second-order valence-corrected chi connectivity index (χ2v) is 8.89. The first-order chi connectivity index (χ1) is 13.8. The van der Waals surface area contributed by atoms with Gasteiger partial charge in [-0.25, -0.2) is 0 Å². The van der Waals surface area contributed by atoms with Crippen molar-refractivity contribution in [3.63, 3.8) is 0 Å². The molecule has 0 saturated heterocycles. The smallest absolute Gasteiger partial charge is 0.265 e. The Morgan fingerprint density at radius 1 is 1.00 bits per heavy atom. The Morgan fingerprint density at radius 3 is 2.41 bits per heavy atom. The lowest BCUT2D eigenvalue weighted by molar-refractivity contribution is 0.103. The number of nitrogens with one attached hydrogen (secondary N) is 1. The van der Waals surface area contributed by atoms with Gasteiger partial charge in [0.2, 0.25) is 0 Å². The number of fused-ring (bicyclic) bond motifs is 1. The van der Waals surface area contributed by atoms with Crippen molar-refractivity contribution < 1.29 is 9.21 Å². The van der Waals surface area contributed by atoms with Gasteiger partial charge >= 0.3 is 0 Å². The highest BCUT2D eigenvalue weighted by Gasteiger charge is 2.14. The average Bonchev–Trinajstić information content (AvgIpc) is 3.22. The van der Waals surface area contributed by atoms with Crippen LogP contribution in [0.5, 0.6) is 0 Å². The van der Waals surface area contributed by atoms with Crippen molar-refractivity contribution in [2.75, 3.05) is 5.32 Å². The van der Waals surface area contributed by atoms with Crippen LogP contribution in [0.4, 0.5) is 5.69 Å². The van der Waals surface area contributed by atoms with E-state index in [2.05, 4.69) is 38.2 Å². The first-order valence-corrected chi connectivity index (χ1v) is 10.2. The van der Waals surface area contributed by atoms with E-state index < -0.39 is 0 Å². The number of hydrogen-bond acceptors (Lipinski definition) is 4. The molecule has 0 aliphatic carbocycles. The molecule has 0 unspecified atom stereocenters. The van der Waals surface area contributed by atoms with Crippen LogP contribution in [0.2, 0.25) is 0 Å². The van der Waals surface area contributed by atoms with Crippen LogP contribution in [0.3, 0.4) is 0 Å². The third kappa shape index (κ3) is 4.00. The zero-order valence-corrected chi connectivity index (χ0v) is 17.3. The summed E-state index contributed by atoms with van der Waals surface area (Å²) in [5.41, 5.74) is 3.01. The summed E-state index contributed by atoms with van der Waals surface area (Å²) in [6, 6.07) is 18.2. The number of carbonyl (C=O) groups is 1. The van der Waals surface area contributed by atoms with Gasteiger partial charge in [0.25, 0.3) is 5.91 Å². The zero-order valence-electron chi connectivity index (χ0n) is 16.5. The van der Waals surface area contributed by atoms with E-state index in [9.17, 15) is 9.59 Å². The molecule has 4 nitrogen and oxygen atoms in total. The van der Waals surface area contributed by atoms with Gasteiger partial charge in [-0.1, -0.05) is 51.1 Å². The second-order valence-electron chi connectivity index (χ2n) is 7.94. The van der Waals surface area contributed by atoms with Gasteiger partial charge in [-0.3, -0.25) is 9.59 Å². The fraction of sp³-hybridized carbons (Fsp3) is 0.167. The van der Waals surface area contributed by atoms with E-state index in [1.807, 2.05) is 23.6 Å². The summed E-state index contributed by atoms with van der Waals surface area (Å²) < 4.78 is 6.02. The van der Waals surface area contributed by atoms with Crippen molar-refractivity contribution in [3.8, 4) is 11.3 Å². The molecule has 1 N–H and O–H groups in total. The number of hydrogen-bond donors (Lipinski definition) is 1. The monoisotopic (exact) mass is 403 g/mol. The van der Waals surface area contributed by atoms with Gasteiger partial charge in [0.15, 0.2) is 5.43 Å². The lowest BCUT2D eigenvalue weighted by Crippen LogP contribution is -2.10. The number of carbonyl (C=O) groups excluding carboxylic acids is 1. The Hall–Kier alpha value is -3.18. The molecular formula is C24H21NO3S. The van der Waals surface area contributed by atoms with Crippen molar-refractivity contribution in [3.05, 3.63) is 86.7 Å². The van der Waals surface area contributed by atoms with E-state index >= 15 is 0 Å². The van der Waals surface area contributed by atoms with Gasteiger partial charge < -0.3 is 9.73 Å². The van der Waals surface area contributed by atoms with Crippen LogP contribution >= 0.6 is 11.3 Å². The van der Waals surface area contributed by atoms with Gasteiger partial charge in [0.05, 0.1) is 10.3 Å². The molecule has 2 aromatic heterocycles. The highest BCUT2D eigenvalue weighted by atomic mass is 32.1. The second kappa shape index (κ2) is 7.33. The van der Waals surface area contributed by atoms with Crippen LogP contribution < -0.4 is 10.7 Å². The molecule has 0 atom stereocenters. The van der Waals surface area contributed by atoms with Crippen molar-refractivity contribution in [1.29, 1.82) is 0 Å². The predicted octanol–water partition coefficient (Wildman–Crippen LogP) is 6.07. The SMILES string of the molecule is CC(C)(C)c1ccc(-c2cc(=O)c3ccc(NC(=O)c4cccs4)cc3o2)cc1. The van der Waals surface area contributed by atoms with E-state index in [1.165, 1.54) is 23.0 Å². The lowest BCUT2D eigenvalue weighted by Gasteiger charge is -2.19. The maximum absolute atomic E-state index is 12.6. The van der Waals surface area contributed by atoms with E-state index in [4.69, 9.17) is 4.42 Å². The van der Waals surface area contributed by atoms with Crippen LogP contribution in [0, 0.1) is 0 Å². The van der Waals surface area contributed by atoms with Gasteiger partial charge in [-0.2, -0.15) is 0 Å². The fourth-order valence-electron chi connectivity index (χ4n) is 3.11. The summed E-state index contributed by atoms with van der Waals surface area (Å²) in [7, 11) is 0. The molecule has 0 fully saturated rings. The maximum Gasteiger partial charge on any atom is 0.265 e. The summed E-state index contributed by atoms with van der Waals surface area (Å²) in [4.78, 5) is 25.5. The zero-order chi connectivity index (χ0) is 20.6. The Kier molecular flexibility index (Phi) is 4.84. The van der Waals surface area contributed by atoms with Gasteiger partial charge in [-0.15, -0.1) is 11.3 Å². The highest BCUT2D eigenvalue weighted by molar-refractivity contribution is 7.12. The largest absolute Gasteiger partial charge is 0.456 e. The molecule has 4 aromatic rings. The molecule has 5 heteroatoms. The van der Waals surface area contributed by atoms with E-state index in [1.54, 1.807) is 24.3 Å². The molecule has 4 rings (SSSR count). The number of anilines is 1. The quantitative estimate of drug-likeness (QED) is 0.451. The average molecular weight is 404 g/mol. The van der Waals surface area contributed by atoms with Gasteiger partial charge in [0.1, 0.15) is 11.3 Å². The maximum atomic E-state index is 12.6. The van der Waals surface area contributed by atoms with Crippen LogP contribution in [0.15, 0.2) is 75.3 Å². The molecule has 2 heterocycles. The van der Waals surface area contributed by atoms with Crippen molar-refractivity contribution in [2.45, 2.75) is 26.2 Å². The summed E-state index contributed by atoms with van der Waals surface area (Å²) >= 11 is 1.37. The first-order valence-electron chi connectivity index (χ1n) is 9.35. The third-order valence-corrected chi connectivity index (χ3v) is 5.64. The molecule has 0 spiro atoms. The summed E-state index contributed by atoms with van der Waals surface area (Å²) in [6.07, 6.45) is 0. The Morgan fingerprint density at radius 2 is 1.76 bits per heavy atom. The minimum absolute atomic E-state index is 0.0540. The van der Waals surface area contributed by atoms with Crippen LogP contribution in [0.25, 0.3) is 22.3 Å². The summed E-state index contributed by atoms with van der Waals surface area (Å²) in [6.45, 7) is 6.47. The lowest BCUT2D eigenvalue weighted by atomic mass is 9.86. The highest BCUT2D eigenvalue weighted by Crippen LogP contribution is 2.28. The molecular weight excluding hydrogens is 382 g/mol. The standard InChI is InChI=1S/C24H21NO3S/c1-24(2,3)16-8-6-15(7-9-16)20-14-19(26)18-11-10-17(13-21(18)28-20)25-23(27)22-5-4-12-29-22/h4-14H,1-3H3,(H,25,27). The topological polar surface area (TPSA) is 59.3 Å². The minimum Gasteiger partial charge on any atom is -0.456 e. The Balaban J connectivity index is 1.69. The molecule has 0 bridgehead atoms. The summed E-state index contributed by atoms with van der Waals surface area (Å²) in [5.74, 6) is 0.320. The number of benzene rings is 2. The minimum atomic E-state index is -0.185. The van der Waals surface area contributed by atoms with Crippen molar-refractivity contribution in [2.24, 2.45) is 0 Å². The van der Waals surface area contributed by atoms with Crippen LogP contribution in [-0.2, 0) is 5.41 Å². The molecule has 0 radical (unpaired) electrons. The van der Waals surface area contributed by atoms with Crippen molar-refractivity contribution in [1.82, 2.24) is 0 Å². The number of thiophene rings is 1. The van der Waals surface area contributed by atoms with Crippen LogP contribution in [0.1, 0.15) is 36.0 Å². The summed E-state index contributed by atoms with van der Waals surface area (Å²) in [5, 5.41) is 5.18. The van der Waals surface area contributed by atoms with E-state index in [0.717, 1.165) is 5.56 Å². The van der Waals surface area contributed by atoms with E-state index in [0.29, 0.717) is 27.3 Å². The third-order valence-electron chi connectivity index (χ3n) is 4.77. The molecule has 2 aromatic carbocycles. The van der Waals surface area contributed by atoms with Gasteiger partial charge in [0, 0.05) is 23.4 Å². The molecule has 29 heavy (non-hydrogen) atoms. The number of amides is 1. The van der Waals surface area contributed by atoms with Crippen molar-refractivity contribution >= 4 is 33.9 Å². The molecule has 146 valence electrons. The Bertz CT molecular complexity index is 1230. The fourth-order valence-corrected chi connectivity index (χ4v) is 3.73. The molecule has 0 aliphatic heterocycles. The van der Waals surface area contributed by atoms with Crippen LogP contribution in [-0.4, -0.2) is 5.91 Å². The number of rotatable bonds is 3. The molecule has 1 amide bonds. The van der Waals surface area contributed by atoms with Gasteiger partial charge in [-0.05, 0) is 34.6 Å². The molecule has 0 saturated carbocycles. The Labute approximate surface area is 172 Å². The van der Waals surface area contributed by atoms with E-state index in [-0.39, 0.29) is 16.8 Å². The first kappa shape index (κ1) is 19.2.